The van der Waals surface area contributed by atoms with Crippen molar-refractivity contribution in [3.8, 4) is 5.88 Å². The Morgan fingerprint density at radius 2 is 1.76 bits per heavy atom. The summed E-state index contributed by atoms with van der Waals surface area (Å²) in [6, 6.07) is 18.6. The zero-order valence-corrected chi connectivity index (χ0v) is 17.0. The molecule has 0 unspecified atom stereocenters. The number of hydrogen-bond donors (Lipinski definition) is 0. The largest absolute Gasteiger partial charge is 0.475 e. The third-order valence-electron chi connectivity index (χ3n) is 5.27. The van der Waals surface area contributed by atoms with Gasteiger partial charge in [0.15, 0.2) is 0 Å². The molecule has 1 aromatic heterocycles. The maximum atomic E-state index is 12.8. The lowest BCUT2D eigenvalue weighted by Gasteiger charge is -2.35. The van der Waals surface area contributed by atoms with Crippen LogP contribution in [0.3, 0.4) is 0 Å². The van der Waals surface area contributed by atoms with Crippen LogP contribution in [-0.2, 0) is 6.54 Å². The van der Waals surface area contributed by atoms with E-state index in [2.05, 4.69) is 52.3 Å². The Hall–Kier alpha value is -2.92. The van der Waals surface area contributed by atoms with Gasteiger partial charge in [-0.25, -0.2) is 4.98 Å². The molecule has 150 valence electrons. The van der Waals surface area contributed by atoms with Gasteiger partial charge in [-0.2, -0.15) is 0 Å². The summed E-state index contributed by atoms with van der Waals surface area (Å²) in [5.74, 6) is 0.592. The molecule has 1 amide bonds. The molecule has 0 radical (unpaired) electrons. The molecular formula is C24H27N3O2. The van der Waals surface area contributed by atoms with Crippen LogP contribution in [-0.4, -0.2) is 53.0 Å². The number of amides is 1. The maximum absolute atomic E-state index is 12.8. The predicted molar refractivity (Wildman–Crippen MR) is 115 cm³/mol. The lowest BCUT2D eigenvalue weighted by atomic mass is 10.0. The average Bonchev–Trinajstić information content (AvgIpc) is 2.74. The molecule has 2 heterocycles. The smallest absolute Gasteiger partial charge is 0.255 e. The predicted octanol–water partition coefficient (Wildman–Crippen LogP) is 3.98. The quantitative estimate of drug-likeness (QED) is 0.662. The molecule has 29 heavy (non-hydrogen) atoms. The van der Waals surface area contributed by atoms with Crippen LogP contribution in [0, 0.1) is 0 Å². The Kier molecular flexibility index (Phi) is 5.76. The van der Waals surface area contributed by atoms with Crippen molar-refractivity contribution in [1.29, 1.82) is 0 Å². The third-order valence-corrected chi connectivity index (χ3v) is 5.27. The fourth-order valence-electron chi connectivity index (χ4n) is 3.78. The number of piperazine rings is 1. The van der Waals surface area contributed by atoms with E-state index < -0.39 is 0 Å². The van der Waals surface area contributed by atoms with Gasteiger partial charge >= 0.3 is 0 Å². The second-order valence-electron chi connectivity index (χ2n) is 7.76. The Morgan fingerprint density at radius 3 is 2.48 bits per heavy atom. The molecule has 0 aliphatic carbocycles. The topological polar surface area (TPSA) is 45.7 Å². The van der Waals surface area contributed by atoms with Gasteiger partial charge in [-0.05, 0) is 36.2 Å². The van der Waals surface area contributed by atoms with Crippen molar-refractivity contribution >= 4 is 16.7 Å². The summed E-state index contributed by atoms with van der Waals surface area (Å²) in [6.45, 7) is 8.03. The molecule has 1 aliphatic heterocycles. The third kappa shape index (κ3) is 4.57. The zero-order valence-electron chi connectivity index (χ0n) is 17.0. The van der Waals surface area contributed by atoms with Gasteiger partial charge in [-0.3, -0.25) is 9.69 Å². The number of nitrogens with zero attached hydrogens (tertiary/aromatic N) is 3. The monoisotopic (exact) mass is 389 g/mol. The molecule has 0 spiro atoms. The van der Waals surface area contributed by atoms with E-state index in [1.807, 2.05) is 18.7 Å². The van der Waals surface area contributed by atoms with Gasteiger partial charge in [-0.15, -0.1) is 0 Å². The number of carbonyl (C=O) groups excluding carboxylic acids is 1. The van der Waals surface area contributed by atoms with E-state index in [1.54, 1.807) is 18.3 Å². The van der Waals surface area contributed by atoms with Crippen molar-refractivity contribution in [2.45, 2.75) is 26.5 Å². The van der Waals surface area contributed by atoms with Crippen LogP contribution in [0.25, 0.3) is 10.8 Å². The van der Waals surface area contributed by atoms with Gasteiger partial charge in [0.2, 0.25) is 5.88 Å². The van der Waals surface area contributed by atoms with Crippen molar-refractivity contribution < 1.29 is 9.53 Å². The standard InChI is InChI=1S/C24H27N3O2/c1-18(2)29-23-11-10-20(16-25-23)24(28)27-14-12-26(13-15-27)17-21-8-5-7-19-6-3-4-9-22(19)21/h3-11,16,18H,12-15,17H2,1-2H3. The fourth-order valence-corrected chi connectivity index (χ4v) is 3.78. The molecule has 0 atom stereocenters. The van der Waals surface area contributed by atoms with Crippen LogP contribution >= 0.6 is 0 Å². The first kappa shape index (κ1) is 19.4. The first-order chi connectivity index (χ1) is 14.1. The highest BCUT2D eigenvalue weighted by molar-refractivity contribution is 5.94. The Morgan fingerprint density at radius 1 is 1.00 bits per heavy atom. The SMILES string of the molecule is CC(C)Oc1ccc(C(=O)N2CCN(Cc3cccc4ccccc34)CC2)cn1. The Bertz CT molecular complexity index is 972. The van der Waals surface area contributed by atoms with Crippen molar-refractivity contribution in [1.82, 2.24) is 14.8 Å². The first-order valence-electron chi connectivity index (χ1n) is 10.2. The van der Waals surface area contributed by atoms with E-state index >= 15 is 0 Å². The number of rotatable bonds is 5. The summed E-state index contributed by atoms with van der Waals surface area (Å²) in [5.41, 5.74) is 1.96. The molecule has 3 aromatic rings. The second kappa shape index (κ2) is 8.62. The average molecular weight is 389 g/mol. The van der Waals surface area contributed by atoms with Crippen LogP contribution in [0.5, 0.6) is 5.88 Å². The van der Waals surface area contributed by atoms with Gasteiger partial charge in [-0.1, -0.05) is 42.5 Å². The molecule has 0 bridgehead atoms. The summed E-state index contributed by atoms with van der Waals surface area (Å²) in [6.07, 6.45) is 1.68. The molecular weight excluding hydrogens is 362 g/mol. The van der Waals surface area contributed by atoms with Crippen molar-refractivity contribution in [3.63, 3.8) is 0 Å². The first-order valence-corrected chi connectivity index (χ1v) is 10.2. The Balaban J connectivity index is 1.36. The van der Waals surface area contributed by atoms with E-state index in [1.165, 1.54) is 16.3 Å². The molecule has 1 fully saturated rings. The van der Waals surface area contributed by atoms with Crippen LogP contribution in [0.15, 0.2) is 60.8 Å². The van der Waals surface area contributed by atoms with Gasteiger partial charge in [0.1, 0.15) is 0 Å². The zero-order chi connectivity index (χ0) is 20.2. The van der Waals surface area contributed by atoms with Crippen LogP contribution in [0.2, 0.25) is 0 Å². The lowest BCUT2D eigenvalue weighted by molar-refractivity contribution is 0.0628. The molecule has 5 nitrogen and oxygen atoms in total. The molecule has 0 N–H and O–H groups in total. The van der Waals surface area contributed by atoms with E-state index in [-0.39, 0.29) is 12.0 Å². The normalized spacial score (nSPS) is 15.1. The molecule has 1 aliphatic rings. The van der Waals surface area contributed by atoms with E-state index in [9.17, 15) is 4.79 Å². The summed E-state index contributed by atoms with van der Waals surface area (Å²) >= 11 is 0. The van der Waals surface area contributed by atoms with Gasteiger partial charge in [0.05, 0.1) is 11.7 Å². The minimum atomic E-state index is 0.0402. The molecule has 5 heteroatoms. The van der Waals surface area contributed by atoms with Crippen LogP contribution in [0.1, 0.15) is 29.8 Å². The van der Waals surface area contributed by atoms with Crippen LogP contribution < -0.4 is 4.74 Å². The van der Waals surface area contributed by atoms with E-state index in [4.69, 9.17) is 4.74 Å². The minimum Gasteiger partial charge on any atom is -0.475 e. The van der Waals surface area contributed by atoms with E-state index in [0.717, 1.165) is 32.7 Å². The number of benzene rings is 2. The number of carbonyl (C=O) groups is 1. The summed E-state index contributed by atoms with van der Waals surface area (Å²) in [7, 11) is 0. The molecule has 4 rings (SSSR count). The summed E-state index contributed by atoms with van der Waals surface area (Å²) in [5, 5.41) is 2.58. The summed E-state index contributed by atoms with van der Waals surface area (Å²) < 4.78 is 5.55. The second-order valence-corrected chi connectivity index (χ2v) is 7.76. The van der Waals surface area contributed by atoms with Crippen molar-refractivity contribution in [2.75, 3.05) is 26.2 Å². The highest BCUT2D eigenvalue weighted by Gasteiger charge is 2.22. The Labute approximate surface area is 171 Å². The number of hydrogen-bond acceptors (Lipinski definition) is 4. The number of pyridine rings is 1. The molecule has 2 aromatic carbocycles. The van der Waals surface area contributed by atoms with E-state index in [0.29, 0.717) is 11.4 Å². The van der Waals surface area contributed by atoms with Crippen LogP contribution in [0.4, 0.5) is 0 Å². The number of aromatic nitrogens is 1. The van der Waals surface area contributed by atoms with Gasteiger partial charge < -0.3 is 9.64 Å². The van der Waals surface area contributed by atoms with Gasteiger partial charge in [0.25, 0.3) is 5.91 Å². The highest BCUT2D eigenvalue weighted by atomic mass is 16.5. The van der Waals surface area contributed by atoms with Crippen molar-refractivity contribution in [2.24, 2.45) is 0 Å². The van der Waals surface area contributed by atoms with Gasteiger partial charge in [0, 0.05) is 45.0 Å². The molecule has 0 saturated carbocycles. The summed E-state index contributed by atoms with van der Waals surface area (Å²) in [4.78, 5) is 21.4. The number of ether oxygens (including phenoxy) is 1. The highest BCUT2D eigenvalue weighted by Crippen LogP contribution is 2.21. The maximum Gasteiger partial charge on any atom is 0.255 e. The van der Waals surface area contributed by atoms with Crippen molar-refractivity contribution in [3.05, 3.63) is 71.9 Å². The lowest BCUT2D eigenvalue weighted by Crippen LogP contribution is -2.48. The minimum absolute atomic E-state index is 0.0402. The number of fused-ring (bicyclic) bond motifs is 1. The molecule has 1 saturated heterocycles. The fraction of sp³-hybridized carbons (Fsp3) is 0.333.